The van der Waals surface area contributed by atoms with Gasteiger partial charge in [-0.15, -0.1) is 0 Å². The van der Waals surface area contributed by atoms with Crippen molar-refractivity contribution in [3.8, 4) is 0 Å². The van der Waals surface area contributed by atoms with Gasteiger partial charge >= 0.3 is 8.56 Å². The average Bonchev–Trinajstić information content (AvgIpc) is 3.40. The van der Waals surface area contributed by atoms with E-state index >= 15 is 0 Å². The maximum absolute atomic E-state index is 9.55. The Morgan fingerprint density at radius 1 is 0.368 bits per heavy atom. The number of rotatable bonds is 45. The second-order valence-corrected chi connectivity index (χ2v) is 41.8. The zero-order valence-corrected chi connectivity index (χ0v) is 55.5. The minimum atomic E-state index is -2.45. The van der Waals surface area contributed by atoms with Gasteiger partial charge in [0.05, 0.1) is 66.1 Å². The lowest BCUT2D eigenvalue weighted by Crippen LogP contribution is -2.34. The predicted octanol–water partition coefficient (Wildman–Crippen LogP) is 4.04. The lowest BCUT2D eigenvalue weighted by Gasteiger charge is -2.27. The molecule has 76 heavy (non-hydrogen) atoms. The Kier molecular flexibility index (Phi) is 61.0. The van der Waals surface area contributed by atoms with Crippen LogP contribution in [0.1, 0.15) is 66.2 Å². The second kappa shape index (κ2) is 54.5. The van der Waals surface area contributed by atoms with Crippen LogP contribution in [0.25, 0.3) is 0 Å². The Hall–Kier alpha value is 0.244. The third-order valence-corrected chi connectivity index (χ3v) is 29.2. The Morgan fingerprint density at radius 3 is 0.908 bits per heavy atom. The van der Waals surface area contributed by atoms with E-state index in [-0.39, 0.29) is 66.1 Å². The molecule has 0 saturated carbocycles. The molecular formula is C50H120O21Si5. The third kappa shape index (κ3) is 58.9. The van der Waals surface area contributed by atoms with Crippen molar-refractivity contribution < 1.29 is 102 Å². The molecule has 0 aliphatic heterocycles. The summed E-state index contributed by atoms with van der Waals surface area (Å²) in [7, 11) is 0.205. The van der Waals surface area contributed by atoms with E-state index in [0.717, 1.165) is 55.9 Å². The molecule has 0 radical (unpaired) electrons. The molecule has 0 spiro atoms. The summed E-state index contributed by atoms with van der Waals surface area (Å²) in [6.45, 7) is 24.3. The molecule has 11 N–H and O–H groups in total. The largest absolute Gasteiger partial charge is 0.420 e. The van der Waals surface area contributed by atoms with Crippen LogP contribution in [-0.2, 0) is 45.8 Å². The van der Waals surface area contributed by atoms with Gasteiger partial charge in [-0.2, -0.15) is 0 Å². The number of hydrogen-bond acceptors (Lipinski definition) is 21. The van der Waals surface area contributed by atoms with Crippen LogP contribution in [0.5, 0.6) is 0 Å². The van der Waals surface area contributed by atoms with Gasteiger partial charge in [0, 0.05) is 68.6 Å². The fourth-order valence-electron chi connectivity index (χ4n) is 6.74. The maximum atomic E-state index is 9.55. The molecule has 0 rings (SSSR count). The number of aliphatic hydroxyl groups excluding tert-OH is 10. The number of aliphatic hydroxyl groups is 10. The Morgan fingerprint density at radius 2 is 0.658 bits per heavy atom. The summed E-state index contributed by atoms with van der Waals surface area (Å²) in [5.41, 5.74) is 0. The van der Waals surface area contributed by atoms with Gasteiger partial charge in [-0.3, -0.25) is 0 Å². The normalized spacial score (nSPS) is 16.8. The van der Waals surface area contributed by atoms with Crippen molar-refractivity contribution in [1.29, 1.82) is 0 Å². The van der Waals surface area contributed by atoms with Crippen molar-refractivity contribution in [3.63, 3.8) is 0 Å². The van der Waals surface area contributed by atoms with E-state index in [2.05, 4.69) is 60.4 Å². The summed E-state index contributed by atoms with van der Waals surface area (Å²) >= 11 is 0. The van der Waals surface area contributed by atoms with Gasteiger partial charge in [-0.1, -0.05) is 34.1 Å². The van der Waals surface area contributed by atoms with Crippen molar-refractivity contribution in [2.24, 2.45) is 5.92 Å². The van der Waals surface area contributed by atoms with E-state index in [4.69, 9.17) is 96.9 Å². The lowest BCUT2D eigenvalue weighted by atomic mass is 10.3. The molecular weight excluding hydrogens is 1080 g/mol. The van der Waals surface area contributed by atoms with Gasteiger partial charge in [-0.25, -0.2) is 0 Å². The zero-order valence-electron chi connectivity index (χ0n) is 50.5. The highest BCUT2D eigenvalue weighted by Crippen LogP contribution is 2.24. The van der Waals surface area contributed by atoms with Crippen LogP contribution in [0, 0.1) is 5.92 Å². The molecule has 0 aliphatic carbocycles. The molecule has 0 bridgehead atoms. The maximum Gasteiger partial charge on any atom is 0.332 e. The Labute approximate surface area is 466 Å². The average molecular weight is 1200 g/mol. The summed E-state index contributed by atoms with van der Waals surface area (Å²) in [4.78, 5) is 9.55. The van der Waals surface area contributed by atoms with E-state index in [1.54, 1.807) is 27.9 Å². The number of hydrogen-bond donors (Lipinski definition) is 11. The molecule has 0 aromatic carbocycles. The SMILES string of the molecule is CCC[Si](C)(CCCOCC(O)CO)OC.CC[Si](C)(CCCOCC(O)CO)OC.CO[Si](C)(C)CCCOCC(O)CO.CO[Si](C)(CCCOCC(O)CO)CC(C)C.CO[Si](C)(O)CCCOCC(O)CO. The smallest absolute Gasteiger partial charge is 0.332 e. The van der Waals surface area contributed by atoms with Gasteiger partial charge < -0.3 is 102 Å². The fraction of sp³-hybridized carbons (Fsp3) is 1.00. The summed E-state index contributed by atoms with van der Waals surface area (Å²) in [6, 6.07) is 8.38. The van der Waals surface area contributed by atoms with E-state index in [1.807, 2.05) is 7.11 Å². The standard InChI is InChI=1S/C12H28O4Si.C11H26O4Si.C10H24O4Si.C9H22O4Si.C8H20O5Si/c1-11(2)10-17(4,15-3)7-5-6-16-9-12(14)8-13;1-4-7-16(3,14-2)8-5-6-15-10-11(13)9-12;1-4-15(3,13-2)7-5-6-14-9-10(12)8-11;1-12-14(2,3)6-4-5-13-8-9(11)7-10;1-12-14(2,11)5-3-4-13-7-8(10)6-9/h11-14H,5-10H2,1-4H3;11-13H,4-10H2,1-3H3;10-12H,4-9H2,1-3H3;9-11H,4-8H2,1-3H3;8-11H,3-7H2,1-2H3. The minimum Gasteiger partial charge on any atom is -0.420 e. The van der Waals surface area contributed by atoms with E-state index in [1.165, 1.54) is 25.6 Å². The number of ether oxygens (including phenoxy) is 5. The van der Waals surface area contributed by atoms with Gasteiger partial charge in [-0.05, 0) is 126 Å². The van der Waals surface area contributed by atoms with Crippen molar-refractivity contribution in [2.75, 3.05) is 135 Å². The molecule has 0 aromatic heterocycles. The van der Waals surface area contributed by atoms with Crippen molar-refractivity contribution in [3.05, 3.63) is 0 Å². The molecule has 0 saturated heterocycles. The van der Waals surface area contributed by atoms with E-state index < -0.39 is 72.4 Å². The highest BCUT2D eigenvalue weighted by Gasteiger charge is 2.29. The van der Waals surface area contributed by atoms with Crippen LogP contribution >= 0.6 is 0 Å². The van der Waals surface area contributed by atoms with E-state index in [0.29, 0.717) is 51.4 Å². The van der Waals surface area contributed by atoms with Crippen LogP contribution in [0.4, 0.5) is 0 Å². The Bertz CT molecular complexity index is 1160. The van der Waals surface area contributed by atoms with E-state index in [9.17, 15) is 4.80 Å². The van der Waals surface area contributed by atoms with Crippen LogP contribution in [0.2, 0.25) is 87.6 Å². The summed E-state index contributed by atoms with van der Waals surface area (Å²) in [5.74, 6) is 0.670. The monoisotopic (exact) mass is 1200 g/mol. The molecule has 0 aliphatic rings. The molecule has 9 unspecified atom stereocenters. The molecule has 0 amide bonds. The quantitative estimate of drug-likeness (QED) is 0.0303. The molecule has 21 nitrogen and oxygen atoms in total. The summed E-state index contributed by atoms with van der Waals surface area (Å²) < 4.78 is 53.2. The molecule has 466 valence electrons. The van der Waals surface area contributed by atoms with Gasteiger partial charge in [0.15, 0.2) is 33.3 Å². The molecule has 26 heteroatoms. The van der Waals surface area contributed by atoms with Crippen LogP contribution in [0.15, 0.2) is 0 Å². The van der Waals surface area contributed by atoms with Crippen molar-refractivity contribution >= 4 is 41.8 Å². The summed E-state index contributed by atoms with van der Waals surface area (Å²) in [5, 5.41) is 87.8. The highest BCUT2D eigenvalue weighted by atomic mass is 28.4. The van der Waals surface area contributed by atoms with Gasteiger partial charge in [0.25, 0.3) is 0 Å². The first-order valence-corrected chi connectivity index (χ1v) is 41.6. The minimum absolute atomic E-state index is 0.132. The predicted molar refractivity (Wildman–Crippen MR) is 313 cm³/mol. The van der Waals surface area contributed by atoms with Crippen molar-refractivity contribution in [2.45, 2.75) is 184 Å². The van der Waals surface area contributed by atoms with Crippen LogP contribution in [-0.4, -0.2) is 263 Å². The summed E-state index contributed by atoms with van der Waals surface area (Å²) in [6.07, 6.45) is 1.90. The topological polar surface area (TPSA) is 315 Å². The van der Waals surface area contributed by atoms with Gasteiger partial charge in [0.1, 0.15) is 30.5 Å². The third-order valence-electron chi connectivity index (χ3n) is 12.4. The second-order valence-electron chi connectivity index (χ2n) is 21.1. The molecule has 9 atom stereocenters. The first-order chi connectivity index (χ1) is 35.6. The van der Waals surface area contributed by atoms with Gasteiger partial charge in [0.2, 0.25) is 0 Å². The van der Waals surface area contributed by atoms with Crippen LogP contribution in [0.3, 0.4) is 0 Å². The highest BCUT2D eigenvalue weighted by molar-refractivity contribution is 6.73. The van der Waals surface area contributed by atoms with Crippen molar-refractivity contribution in [1.82, 2.24) is 0 Å². The molecule has 0 fully saturated rings. The lowest BCUT2D eigenvalue weighted by molar-refractivity contribution is 0.00617. The Balaban J connectivity index is -0.000000277. The molecule has 0 heterocycles. The first-order valence-electron chi connectivity index (χ1n) is 27.4. The first kappa shape index (κ1) is 85.0. The molecule has 0 aromatic rings. The zero-order chi connectivity index (χ0) is 59.5. The fourth-order valence-corrected chi connectivity index (χ4v) is 16.5. The van der Waals surface area contributed by atoms with Crippen LogP contribution < -0.4 is 0 Å².